The number of Topliss-reactive ketones (excluding diaryl/α,β-unsaturated/α-hetero) is 1. The van der Waals surface area contributed by atoms with Gasteiger partial charge >= 0.3 is 0 Å². The molecule has 0 fully saturated rings. The summed E-state index contributed by atoms with van der Waals surface area (Å²) in [6.07, 6.45) is 2.73. The first-order chi connectivity index (χ1) is 13.6. The fraction of sp³-hybridized carbons (Fsp3) is 0.227. The van der Waals surface area contributed by atoms with E-state index in [0.29, 0.717) is 30.9 Å². The molecule has 1 unspecified atom stereocenters. The average molecular weight is 377 g/mol. The number of fused-ring (bicyclic) bond motifs is 1. The molecule has 0 aliphatic heterocycles. The predicted octanol–water partition coefficient (Wildman–Crippen LogP) is 4.15. The van der Waals surface area contributed by atoms with Crippen LogP contribution >= 0.6 is 0 Å². The van der Waals surface area contributed by atoms with Crippen LogP contribution < -0.4 is 10.1 Å². The van der Waals surface area contributed by atoms with Gasteiger partial charge in [-0.25, -0.2) is 14.4 Å². The Kier molecular flexibility index (Phi) is 5.02. The van der Waals surface area contributed by atoms with Crippen LogP contribution in [0.25, 0.3) is 0 Å². The van der Waals surface area contributed by atoms with Crippen molar-refractivity contribution in [2.24, 2.45) is 0 Å². The summed E-state index contributed by atoms with van der Waals surface area (Å²) in [5, 5.41) is 3.14. The molecule has 0 radical (unpaired) electrons. The van der Waals surface area contributed by atoms with Crippen LogP contribution in [-0.2, 0) is 13.0 Å². The summed E-state index contributed by atoms with van der Waals surface area (Å²) in [4.78, 5) is 21.4. The summed E-state index contributed by atoms with van der Waals surface area (Å²) < 4.78 is 18.2. The molecule has 1 heterocycles. The molecule has 0 bridgehead atoms. The van der Waals surface area contributed by atoms with Gasteiger partial charge in [-0.15, -0.1) is 0 Å². The minimum absolute atomic E-state index is 0.0622. The van der Waals surface area contributed by atoms with Gasteiger partial charge in [0.25, 0.3) is 0 Å². The molecule has 0 amide bonds. The zero-order valence-corrected chi connectivity index (χ0v) is 15.5. The van der Waals surface area contributed by atoms with E-state index in [1.807, 2.05) is 24.3 Å². The first kappa shape index (κ1) is 18.1. The van der Waals surface area contributed by atoms with Crippen LogP contribution in [0.3, 0.4) is 0 Å². The molecule has 1 aliphatic carbocycles. The summed E-state index contributed by atoms with van der Waals surface area (Å²) >= 11 is 0. The van der Waals surface area contributed by atoms with Crippen LogP contribution in [0.5, 0.6) is 5.75 Å². The number of hydrogen-bond donors (Lipinski definition) is 1. The lowest BCUT2D eigenvalue weighted by atomic mass is 9.82. The van der Waals surface area contributed by atoms with Gasteiger partial charge in [-0.2, -0.15) is 0 Å². The molecule has 1 atom stereocenters. The number of ether oxygens (including phenoxy) is 1. The number of aromatic nitrogens is 2. The van der Waals surface area contributed by atoms with E-state index >= 15 is 0 Å². The van der Waals surface area contributed by atoms with Crippen molar-refractivity contribution in [3.05, 3.63) is 82.9 Å². The average Bonchev–Trinajstić information content (AvgIpc) is 2.73. The van der Waals surface area contributed by atoms with Gasteiger partial charge in [0.05, 0.1) is 18.4 Å². The smallest absolute Gasteiger partial charge is 0.223 e. The molecule has 5 nitrogen and oxygen atoms in total. The summed E-state index contributed by atoms with van der Waals surface area (Å²) in [6.45, 7) is 0.481. The fourth-order valence-electron chi connectivity index (χ4n) is 3.43. The van der Waals surface area contributed by atoms with Gasteiger partial charge in [-0.3, -0.25) is 4.79 Å². The molecule has 6 heteroatoms. The van der Waals surface area contributed by atoms with Crippen LogP contribution in [0.4, 0.5) is 10.3 Å². The highest BCUT2D eigenvalue weighted by atomic mass is 19.1. The molecule has 0 saturated carbocycles. The molecule has 142 valence electrons. The van der Waals surface area contributed by atoms with E-state index in [1.165, 1.54) is 12.1 Å². The zero-order valence-electron chi connectivity index (χ0n) is 15.5. The molecule has 3 aromatic rings. The van der Waals surface area contributed by atoms with Crippen molar-refractivity contribution >= 4 is 11.7 Å². The molecule has 1 N–H and O–H groups in total. The van der Waals surface area contributed by atoms with Crippen LogP contribution in [-0.4, -0.2) is 22.9 Å². The summed E-state index contributed by atoms with van der Waals surface area (Å²) in [5.41, 5.74) is 3.37. The van der Waals surface area contributed by atoms with E-state index in [-0.39, 0.29) is 17.5 Å². The van der Waals surface area contributed by atoms with Gasteiger partial charge in [-0.05, 0) is 47.7 Å². The Morgan fingerprint density at radius 1 is 1.11 bits per heavy atom. The minimum atomic E-state index is -0.267. The maximum Gasteiger partial charge on any atom is 0.223 e. The van der Waals surface area contributed by atoms with E-state index in [2.05, 4.69) is 15.3 Å². The Morgan fingerprint density at radius 2 is 1.86 bits per heavy atom. The van der Waals surface area contributed by atoms with Crippen LogP contribution in [0, 0.1) is 5.82 Å². The molecule has 4 rings (SSSR count). The third-order valence-corrected chi connectivity index (χ3v) is 4.99. The van der Waals surface area contributed by atoms with E-state index in [0.717, 1.165) is 22.6 Å². The largest absolute Gasteiger partial charge is 0.497 e. The number of nitrogens with zero attached hydrogens (tertiary/aromatic N) is 2. The van der Waals surface area contributed by atoms with E-state index in [4.69, 9.17) is 4.74 Å². The molecule has 28 heavy (non-hydrogen) atoms. The number of halogens is 1. The van der Waals surface area contributed by atoms with Gasteiger partial charge in [0.1, 0.15) is 11.6 Å². The molecular weight excluding hydrogens is 357 g/mol. The second-order valence-corrected chi connectivity index (χ2v) is 6.84. The zero-order chi connectivity index (χ0) is 19.5. The second-order valence-electron chi connectivity index (χ2n) is 6.84. The highest BCUT2D eigenvalue weighted by molar-refractivity contribution is 5.98. The van der Waals surface area contributed by atoms with Gasteiger partial charge in [-0.1, -0.05) is 24.3 Å². The van der Waals surface area contributed by atoms with Gasteiger partial charge in [0.2, 0.25) is 5.95 Å². The normalized spacial score (nSPS) is 15.8. The van der Waals surface area contributed by atoms with Crippen molar-refractivity contribution in [2.45, 2.75) is 25.3 Å². The van der Waals surface area contributed by atoms with Crippen LogP contribution in [0.2, 0.25) is 0 Å². The summed E-state index contributed by atoms with van der Waals surface area (Å²) in [6, 6.07) is 14.1. The molecule has 0 saturated heterocycles. The maximum absolute atomic E-state index is 13.0. The van der Waals surface area contributed by atoms with Gasteiger partial charge in [0, 0.05) is 19.2 Å². The first-order valence-corrected chi connectivity index (χ1v) is 9.14. The Bertz CT molecular complexity index is 988. The van der Waals surface area contributed by atoms with Gasteiger partial charge < -0.3 is 10.1 Å². The number of rotatable bonds is 5. The Labute approximate surface area is 162 Å². The lowest BCUT2D eigenvalue weighted by Gasteiger charge is -2.23. The number of carbonyl (C=O) groups excluding carboxylic acids is 1. The van der Waals surface area contributed by atoms with Crippen molar-refractivity contribution < 1.29 is 13.9 Å². The number of methoxy groups -OCH3 is 1. The SMILES string of the molecule is COc1ccc(C2CC(=O)c3cnc(NCc4ccc(F)cc4)nc3C2)cc1. The van der Waals surface area contributed by atoms with Gasteiger partial charge in [0.15, 0.2) is 5.78 Å². The predicted molar refractivity (Wildman–Crippen MR) is 104 cm³/mol. The Morgan fingerprint density at radius 3 is 2.57 bits per heavy atom. The molecule has 0 spiro atoms. The maximum atomic E-state index is 13.0. The first-order valence-electron chi connectivity index (χ1n) is 9.14. The fourth-order valence-corrected chi connectivity index (χ4v) is 3.43. The third-order valence-electron chi connectivity index (χ3n) is 4.99. The molecular formula is C22H20FN3O2. The van der Waals surface area contributed by atoms with Crippen LogP contribution in [0.15, 0.2) is 54.7 Å². The van der Waals surface area contributed by atoms with Crippen LogP contribution in [0.1, 0.15) is 39.5 Å². The van der Waals surface area contributed by atoms with Crippen molar-refractivity contribution in [1.82, 2.24) is 9.97 Å². The quantitative estimate of drug-likeness (QED) is 0.724. The Balaban J connectivity index is 1.50. The number of ketones is 1. The number of hydrogen-bond acceptors (Lipinski definition) is 5. The number of anilines is 1. The number of carbonyl (C=O) groups is 1. The highest BCUT2D eigenvalue weighted by Gasteiger charge is 2.28. The number of nitrogens with one attached hydrogen (secondary N) is 1. The summed E-state index contributed by atoms with van der Waals surface area (Å²) in [5.74, 6) is 1.14. The molecule has 2 aromatic carbocycles. The minimum Gasteiger partial charge on any atom is -0.497 e. The topological polar surface area (TPSA) is 64.1 Å². The van der Waals surface area contributed by atoms with E-state index in [9.17, 15) is 9.18 Å². The van der Waals surface area contributed by atoms with Crippen molar-refractivity contribution in [1.29, 1.82) is 0 Å². The second kappa shape index (κ2) is 7.76. The van der Waals surface area contributed by atoms with Crippen molar-refractivity contribution in [3.63, 3.8) is 0 Å². The summed E-state index contributed by atoms with van der Waals surface area (Å²) in [7, 11) is 1.63. The third kappa shape index (κ3) is 3.86. The highest BCUT2D eigenvalue weighted by Crippen LogP contribution is 2.32. The standard InChI is InChI=1S/C22H20FN3O2/c1-28-18-8-4-15(5-9-18)16-10-20-19(21(27)11-16)13-25-22(26-20)24-12-14-2-6-17(23)7-3-14/h2-9,13,16H,10-12H2,1H3,(H,24,25,26). The number of benzene rings is 2. The molecule has 1 aromatic heterocycles. The van der Waals surface area contributed by atoms with E-state index < -0.39 is 0 Å². The monoisotopic (exact) mass is 377 g/mol. The Hall–Kier alpha value is -3.28. The van der Waals surface area contributed by atoms with Crippen molar-refractivity contribution in [3.8, 4) is 5.75 Å². The lowest BCUT2D eigenvalue weighted by Crippen LogP contribution is -2.21. The van der Waals surface area contributed by atoms with Crippen molar-refractivity contribution in [2.75, 3.05) is 12.4 Å². The molecule has 1 aliphatic rings. The lowest BCUT2D eigenvalue weighted by molar-refractivity contribution is 0.0962. The van der Waals surface area contributed by atoms with E-state index in [1.54, 1.807) is 25.4 Å².